The van der Waals surface area contributed by atoms with Gasteiger partial charge < -0.3 is 5.32 Å². The largest absolute Gasteiger partial charge is 0.323 e. The number of piperidine rings is 1. The van der Waals surface area contributed by atoms with E-state index in [1.54, 1.807) is 34.6 Å². The lowest BCUT2D eigenvalue weighted by Gasteiger charge is -2.30. The van der Waals surface area contributed by atoms with Gasteiger partial charge in [-0.25, -0.2) is 8.42 Å². The van der Waals surface area contributed by atoms with E-state index in [1.807, 2.05) is 30.3 Å². The van der Waals surface area contributed by atoms with Crippen molar-refractivity contribution in [1.29, 1.82) is 0 Å². The Morgan fingerprint density at radius 3 is 2.59 bits per heavy atom. The van der Waals surface area contributed by atoms with Crippen LogP contribution in [0.1, 0.15) is 18.4 Å². The minimum atomic E-state index is -3.45. The highest BCUT2D eigenvalue weighted by molar-refractivity contribution is 7.91. The van der Waals surface area contributed by atoms with Crippen LogP contribution in [0.2, 0.25) is 0 Å². The summed E-state index contributed by atoms with van der Waals surface area (Å²) in [6, 6.07) is 13.3. The van der Waals surface area contributed by atoms with E-state index in [1.165, 1.54) is 15.6 Å². The minimum absolute atomic E-state index is 0.0857. The third-order valence-corrected chi connectivity index (χ3v) is 8.27. The van der Waals surface area contributed by atoms with Gasteiger partial charge in [0.05, 0.1) is 18.4 Å². The molecule has 1 aliphatic heterocycles. The Bertz CT molecular complexity index is 1050. The van der Waals surface area contributed by atoms with Gasteiger partial charge in [0.1, 0.15) is 4.21 Å². The van der Waals surface area contributed by atoms with Crippen LogP contribution in [0.5, 0.6) is 0 Å². The van der Waals surface area contributed by atoms with Crippen LogP contribution in [-0.4, -0.2) is 41.5 Å². The Labute approximate surface area is 174 Å². The molecular weight excluding hydrogens is 408 g/mol. The summed E-state index contributed by atoms with van der Waals surface area (Å²) in [6.07, 6.45) is 4.46. The van der Waals surface area contributed by atoms with Crippen LogP contribution in [0.3, 0.4) is 0 Å². The number of aromatic nitrogens is 2. The maximum atomic E-state index is 12.6. The molecule has 0 radical (unpaired) electrons. The van der Waals surface area contributed by atoms with Crippen LogP contribution in [0, 0.1) is 5.92 Å². The summed E-state index contributed by atoms with van der Waals surface area (Å²) in [4.78, 5) is 12.6. The Kier molecular flexibility index (Phi) is 5.79. The van der Waals surface area contributed by atoms with Crippen LogP contribution in [0.15, 0.2) is 64.4 Å². The maximum absolute atomic E-state index is 12.6. The molecule has 4 rings (SSSR count). The van der Waals surface area contributed by atoms with E-state index in [2.05, 4.69) is 10.4 Å². The Balaban J connectivity index is 1.31. The molecule has 0 bridgehead atoms. The van der Waals surface area contributed by atoms with Crippen LogP contribution in [0.4, 0.5) is 5.69 Å². The molecule has 3 aromatic rings. The molecule has 29 heavy (non-hydrogen) atoms. The molecule has 1 amide bonds. The highest BCUT2D eigenvalue weighted by atomic mass is 32.2. The highest BCUT2D eigenvalue weighted by Crippen LogP contribution is 2.27. The van der Waals surface area contributed by atoms with Crippen molar-refractivity contribution in [3.05, 3.63) is 65.8 Å². The molecule has 3 heterocycles. The van der Waals surface area contributed by atoms with Gasteiger partial charge in [-0.1, -0.05) is 36.4 Å². The summed E-state index contributed by atoms with van der Waals surface area (Å²) in [5, 5.41) is 8.96. The van der Waals surface area contributed by atoms with Crippen LogP contribution in [-0.2, 0) is 21.4 Å². The van der Waals surface area contributed by atoms with Crippen molar-refractivity contribution < 1.29 is 13.2 Å². The summed E-state index contributed by atoms with van der Waals surface area (Å²) in [6.45, 7) is 1.34. The zero-order valence-electron chi connectivity index (χ0n) is 15.8. The molecule has 7 nitrogen and oxygen atoms in total. The van der Waals surface area contributed by atoms with Gasteiger partial charge in [0.15, 0.2) is 0 Å². The first-order valence-corrected chi connectivity index (χ1v) is 11.8. The first-order chi connectivity index (χ1) is 14.0. The van der Waals surface area contributed by atoms with Gasteiger partial charge in [-0.15, -0.1) is 11.3 Å². The number of thiophene rings is 1. The molecule has 152 valence electrons. The summed E-state index contributed by atoms with van der Waals surface area (Å²) < 4.78 is 28.8. The van der Waals surface area contributed by atoms with E-state index in [-0.39, 0.29) is 11.8 Å². The topological polar surface area (TPSA) is 84.3 Å². The molecule has 1 fully saturated rings. The fraction of sp³-hybridized carbons (Fsp3) is 0.300. The van der Waals surface area contributed by atoms with Crippen molar-refractivity contribution in [2.75, 3.05) is 18.4 Å². The van der Waals surface area contributed by atoms with Crippen molar-refractivity contribution in [3.8, 4) is 0 Å². The van der Waals surface area contributed by atoms with Crippen LogP contribution >= 0.6 is 11.3 Å². The van der Waals surface area contributed by atoms with E-state index in [9.17, 15) is 13.2 Å². The van der Waals surface area contributed by atoms with E-state index >= 15 is 0 Å². The first kappa shape index (κ1) is 19.8. The molecule has 1 aliphatic rings. The Morgan fingerprint density at radius 1 is 1.14 bits per heavy atom. The molecule has 1 N–H and O–H groups in total. The third-order valence-electron chi connectivity index (χ3n) is 5.00. The van der Waals surface area contributed by atoms with Crippen LogP contribution < -0.4 is 5.32 Å². The predicted octanol–water partition coefficient (Wildman–Crippen LogP) is 3.03. The third kappa shape index (κ3) is 4.58. The number of anilines is 1. The van der Waals surface area contributed by atoms with Gasteiger partial charge in [0, 0.05) is 25.2 Å². The molecule has 0 aliphatic carbocycles. The van der Waals surface area contributed by atoms with Gasteiger partial charge in [-0.05, 0) is 29.9 Å². The second-order valence-corrected chi connectivity index (χ2v) is 10.1. The number of sulfonamides is 1. The maximum Gasteiger partial charge on any atom is 0.252 e. The summed E-state index contributed by atoms with van der Waals surface area (Å²) >= 11 is 1.22. The molecule has 9 heteroatoms. The number of rotatable bonds is 6. The summed E-state index contributed by atoms with van der Waals surface area (Å²) in [5.41, 5.74) is 1.78. The predicted molar refractivity (Wildman–Crippen MR) is 112 cm³/mol. The molecule has 1 saturated heterocycles. The molecule has 0 spiro atoms. The monoisotopic (exact) mass is 430 g/mol. The van der Waals surface area contributed by atoms with Gasteiger partial charge in [0.25, 0.3) is 10.0 Å². The number of nitrogens with zero attached hydrogens (tertiary/aromatic N) is 3. The summed E-state index contributed by atoms with van der Waals surface area (Å²) in [5.74, 6) is -0.292. The Hall–Kier alpha value is -2.49. The fourth-order valence-corrected chi connectivity index (χ4v) is 6.04. The van der Waals surface area contributed by atoms with E-state index in [0.29, 0.717) is 42.4 Å². The summed E-state index contributed by atoms with van der Waals surface area (Å²) in [7, 11) is -3.45. The normalized spacial score (nSPS) is 16.0. The molecule has 1 aromatic carbocycles. The zero-order valence-corrected chi connectivity index (χ0v) is 17.4. The lowest BCUT2D eigenvalue weighted by molar-refractivity contribution is -0.120. The molecular formula is C20H22N4O3S2. The number of carbonyl (C=O) groups is 1. The number of benzene rings is 1. The average Bonchev–Trinajstić information content (AvgIpc) is 3.42. The standard InChI is InChI=1S/C20H22N4O3S2/c25-20(22-18-13-21-23(15-18)14-16-5-2-1-3-6-16)17-8-10-24(11-9-17)29(26,27)19-7-4-12-28-19/h1-7,12-13,15,17H,8-11,14H2,(H,22,25). The smallest absolute Gasteiger partial charge is 0.252 e. The fourth-order valence-electron chi connectivity index (χ4n) is 3.43. The molecule has 2 aromatic heterocycles. The lowest BCUT2D eigenvalue weighted by atomic mass is 9.97. The lowest BCUT2D eigenvalue weighted by Crippen LogP contribution is -2.41. The van der Waals surface area contributed by atoms with Gasteiger partial charge in [-0.2, -0.15) is 9.40 Å². The number of hydrogen-bond donors (Lipinski definition) is 1. The molecule has 0 unspecified atom stereocenters. The van der Waals surface area contributed by atoms with E-state index < -0.39 is 10.0 Å². The molecule has 0 atom stereocenters. The first-order valence-electron chi connectivity index (χ1n) is 9.43. The number of carbonyl (C=O) groups excluding carboxylic acids is 1. The number of nitrogens with one attached hydrogen (secondary N) is 1. The van der Waals surface area contributed by atoms with Crippen molar-refractivity contribution in [3.63, 3.8) is 0 Å². The van der Waals surface area contributed by atoms with E-state index in [0.717, 1.165) is 5.56 Å². The average molecular weight is 431 g/mol. The van der Waals surface area contributed by atoms with Crippen molar-refractivity contribution in [1.82, 2.24) is 14.1 Å². The van der Waals surface area contributed by atoms with Gasteiger partial charge >= 0.3 is 0 Å². The zero-order chi connectivity index (χ0) is 20.3. The highest BCUT2D eigenvalue weighted by Gasteiger charge is 2.32. The quantitative estimate of drug-likeness (QED) is 0.651. The van der Waals surface area contributed by atoms with Crippen molar-refractivity contribution in [2.24, 2.45) is 5.92 Å². The minimum Gasteiger partial charge on any atom is -0.323 e. The number of amides is 1. The van der Waals surface area contributed by atoms with Gasteiger partial charge in [0.2, 0.25) is 5.91 Å². The number of hydrogen-bond acceptors (Lipinski definition) is 5. The van der Waals surface area contributed by atoms with Gasteiger partial charge in [-0.3, -0.25) is 9.48 Å². The Morgan fingerprint density at radius 2 is 1.90 bits per heavy atom. The molecule has 0 saturated carbocycles. The van der Waals surface area contributed by atoms with Crippen molar-refractivity contribution in [2.45, 2.75) is 23.6 Å². The SMILES string of the molecule is O=C(Nc1cnn(Cc2ccccc2)c1)C1CCN(S(=O)(=O)c2cccs2)CC1. The van der Waals surface area contributed by atoms with E-state index in [4.69, 9.17) is 0 Å². The second-order valence-electron chi connectivity index (χ2n) is 7.01. The van der Waals surface area contributed by atoms with Crippen molar-refractivity contribution >= 4 is 33.0 Å². The second kappa shape index (κ2) is 8.48. The van der Waals surface area contributed by atoms with Crippen LogP contribution in [0.25, 0.3) is 0 Å².